The first-order chi connectivity index (χ1) is 13.1. The minimum Gasteiger partial charge on any atom is -0.383 e. The number of fused-ring (bicyclic) bond motifs is 3. The molecule has 2 heterocycles. The summed E-state index contributed by atoms with van der Waals surface area (Å²) in [6, 6.07) is 6.93. The second-order valence-electron chi connectivity index (χ2n) is 6.80. The number of benzene rings is 1. The highest BCUT2D eigenvalue weighted by molar-refractivity contribution is 5.96. The molecule has 27 heavy (non-hydrogen) atoms. The van der Waals surface area contributed by atoms with Crippen LogP contribution in [0.25, 0.3) is 11.0 Å². The number of para-hydroxylation sites is 2. The number of ether oxygens (including phenoxy) is 1. The number of imidazole rings is 1. The van der Waals surface area contributed by atoms with Gasteiger partial charge in [0.15, 0.2) is 0 Å². The molecule has 2 atom stereocenters. The van der Waals surface area contributed by atoms with Gasteiger partial charge in [-0.05, 0) is 18.1 Å². The van der Waals surface area contributed by atoms with E-state index in [0.717, 1.165) is 17.5 Å². The topological polar surface area (TPSA) is 88.5 Å². The van der Waals surface area contributed by atoms with Crippen LogP contribution in [-0.2, 0) is 16.1 Å². The quantitative estimate of drug-likeness (QED) is 0.724. The van der Waals surface area contributed by atoms with Crippen molar-refractivity contribution in [2.24, 2.45) is 5.92 Å². The van der Waals surface area contributed by atoms with Gasteiger partial charge in [0.1, 0.15) is 6.04 Å². The Bertz CT molecular complexity index is 819. The fourth-order valence-corrected chi connectivity index (χ4v) is 3.28. The first-order valence-electron chi connectivity index (χ1n) is 9.36. The molecule has 8 heteroatoms. The van der Waals surface area contributed by atoms with Crippen molar-refractivity contribution in [3.8, 4) is 0 Å². The van der Waals surface area contributed by atoms with E-state index in [-0.39, 0.29) is 17.9 Å². The minimum atomic E-state index is -0.599. The Labute approximate surface area is 158 Å². The zero-order valence-electron chi connectivity index (χ0n) is 16.1. The van der Waals surface area contributed by atoms with E-state index < -0.39 is 6.04 Å². The Kier molecular flexibility index (Phi) is 5.95. The van der Waals surface area contributed by atoms with Crippen LogP contribution >= 0.6 is 0 Å². The van der Waals surface area contributed by atoms with Crippen LogP contribution in [0.15, 0.2) is 24.3 Å². The number of anilines is 1. The molecular formula is C19H27N5O3. The first-order valence-corrected chi connectivity index (χ1v) is 9.36. The summed E-state index contributed by atoms with van der Waals surface area (Å²) < 4.78 is 7.00. The van der Waals surface area contributed by atoms with Gasteiger partial charge in [-0.2, -0.15) is 0 Å². The maximum Gasteiger partial charge on any atom is 0.324 e. The van der Waals surface area contributed by atoms with Crippen LogP contribution in [0.1, 0.15) is 20.3 Å². The monoisotopic (exact) mass is 373 g/mol. The molecule has 1 aromatic heterocycles. The van der Waals surface area contributed by atoms with Crippen LogP contribution in [0.2, 0.25) is 0 Å². The van der Waals surface area contributed by atoms with Crippen molar-refractivity contribution in [1.82, 2.24) is 20.2 Å². The third-order valence-corrected chi connectivity index (χ3v) is 5.05. The standard InChI is InChI=1S/C19H27N5O3/c1-4-13(2)16(17(25)20-9-12-27-3)22-19(26)24-11-10-23-15-8-6-5-7-14(15)21-18(23)24/h5-8,13,16H,4,9-12H2,1-3H3,(H,20,25)(H,22,26)/t13?,16-/m0/s1. The summed E-state index contributed by atoms with van der Waals surface area (Å²) in [5, 5.41) is 5.72. The number of rotatable bonds is 7. The predicted molar refractivity (Wildman–Crippen MR) is 104 cm³/mol. The lowest BCUT2D eigenvalue weighted by Gasteiger charge is -2.25. The van der Waals surface area contributed by atoms with E-state index >= 15 is 0 Å². The van der Waals surface area contributed by atoms with Crippen LogP contribution in [0.4, 0.5) is 10.7 Å². The molecule has 0 aliphatic carbocycles. The van der Waals surface area contributed by atoms with Crippen molar-refractivity contribution in [1.29, 1.82) is 0 Å². The number of methoxy groups -OCH3 is 1. The summed E-state index contributed by atoms with van der Waals surface area (Å²) in [7, 11) is 1.58. The molecule has 1 aliphatic heterocycles. The molecule has 0 saturated carbocycles. The summed E-state index contributed by atoms with van der Waals surface area (Å²) in [5.41, 5.74) is 1.87. The number of urea groups is 1. The molecule has 0 radical (unpaired) electrons. The Morgan fingerprint density at radius 2 is 2.07 bits per heavy atom. The Morgan fingerprint density at radius 3 is 2.81 bits per heavy atom. The average molecular weight is 373 g/mol. The van der Waals surface area contributed by atoms with E-state index in [9.17, 15) is 9.59 Å². The number of hydrogen-bond acceptors (Lipinski definition) is 4. The normalized spacial score (nSPS) is 15.4. The van der Waals surface area contributed by atoms with Crippen molar-refractivity contribution in [3.05, 3.63) is 24.3 Å². The van der Waals surface area contributed by atoms with E-state index in [1.807, 2.05) is 42.7 Å². The third kappa shape index (κ3) is 3.90. The van der Waals surface area contributed by atoms with E-state index in [0.29, 0.717) is 32.2 Å². The molecule has 1 aromatic carbocycles. The highest BCUT2D eigenvalue weighted by Gasteiger charge is 2.32. The zero-order valence-corrected chi connectivity index (χ0v) is 16.1. The van der Waals surface area contributed by atoms with E-state index in [2.05, 4.69) is 15.6 Å². The summed E-state index contributed by atoms with van der Waals surface area (Å²) in [6.45, 7) is 6.04. The molecule has 2 N–H and O–H groups in total. The smallest absolute Gasteiger partial charge is 0.324 e. The van der Waals surface area contributed by atoms with Crippen molar-refractivity contribution < 1.29 is 14.3 Å². The molecular weight excluding hydrogens is 346 g/mol. The van der Waals surface area contributed by atoms with Crippen LogP contribution in [0.3, 0.4) is 0 Å². The van der Waals surface area contributed by atoms with Crippen molar-refractivity contribution >= 4 is 28.9 Å². The lowest BCUT2D eigenvalue weighted by Crippen LogP contribution is -2.54. The number of nitrogens with one attached hydrogen (secondary N) is 2. The summed E-state index contributed by atoms with van der Waals surface area (Å²) >= 11 is 0. The molecule has 2 aromatic rings. The first kappa shape index (κ1) is 19.2. The average Bonchev–Trinajstić information content (AvgIpc) is 3.24. The molecule has 8 nitrogen and oxygen atoms in total. The van der Waals surface area contributed by atoms with E-state index in [4.69, 9.17) is 4.74 Å². The van der Waals surface area contributed by atoms with Gasteiger partial charge in [0.2, 0.25) is 11.9 Å². The fraction of sp³-hybridized carbons (Fsp3) is 0.526. The van der Waals surface area contributed by atoms with Crippen LogP contribution in [0.5, 0.6) is 0 Å². The summed E-state index contributed by atoms with van der Waals surface area (Å²) in [6.07, 6.45) is 0.779. The van der Waals surface area contributed by atoms with Crippen LogP contribution in [-0.4, -0.2) is 54.3 Å². The van der Waals surface area contributed by atoms with Gasteiger partial charge in [-0.15, -0.1) is 0 Å². The maximum atomic E-state index is 12.9. The minimum absolute atomic E-state index is 0.0120. The molecule has 0 bridgehead atoms. The van der Waals surface area contributed by atoms with Gasteiger partial charge in [-0.25, -0.2) is 9.78 Å². The van der Waals surface area contributed by atoms with Crippen molar-refractivity contribution in [3.63, 3.8) is 0 Å². The molecule has 3 rings (SSSR count). The fourth-order valence-electron chi connectivity index (χ4n) is 3.28. The molecule has 0 saturated heterocycles. The predicted octanol–water partition coefficient (Wildman–Crippen LogP) is 1.74. The van der Waals surface area contributed by atoms with Crippen LogP contribution < -0.4 is 15.5 Å². The highest BCUT2D eigenvalue weighted by atomic mass is 16.5. The second-order valence-corrected chi connectivity index (χ2v) is 6.80. The molecule has 1 aliphatic rings. The Morgan fingerprint density at radius 1 is 1.30 bits per heavy atom. The second kappa shape index (κ2) is 8.39. The molecule has 0 fully saturated rings. The number of hydrogen-bond donors (Lipinski definition) is 2. The maximum absolute atomic E-state index is 12.9. The van der Waals surface area contributed by atoms with Gasteiger partial charge < -0.3 is 19.9 Å². The highest BCUT2D eigenvalue weighted by Crippen LogP contribution is 2.27. The molecule has 0 spiro atoms. The largest absolute Gasteiger partial charge is 0.383 e. The molecule has 1 unspecified atom stereocenters. The summed E-state index contributed by atoms with van der Waals surface area (Å²) in [5.74, 6) is 0.441. The number of carbonyl (C=O) groups excluding carboxylic acids is 2. The van der Waals surface area contributed by atoms with Crippen molar-refractivity contribution in [2.75, 3.05) is 31.7 Å². The van der Waals surface area contributed by atoms with Gasteiger partial charge in [0, 0.05) is 26.7 Å². The Hall–Kier alpha value is -2.61. The third-order valence-electron chi connectivity index (χ3n) is 5.05. The summed E-state index contributed by atoms with van der Waals surface area (Å²) in [4.78, 5) is 31.6. The number of carbonyl (C=O) groups is 2. The van der Waals surface area contributed by atoms with Crippen LogP contribution in [0, 0.1) is 5.92 Å². The van der Waals surface area contributed by atoms with Gasteiger partial charge in [-0.3, -0.25) is 9.69 Å². The number of aromatic nitrogens is 2. The van der Waals surface area contributed by atoms with Gasteiger partial charge >= 0.3 is 6.03 Å². The zero-order chi connectivity index (χ0) is 19.4. The van der Waals surface area contributed by atoms with E-state index in [1.165, 1.54) is 0 Å². The number of amides is 3. The van der Waals surface area contributed by atoms with Gasteiger partial charge in [0.05, 0.1) is 17.6 Å². The Balaban J connectivity index is 1.74. The SMILES string of the molecule is CCC(C)[C@H](NC(=O)N1CCn2c1nc1ccccc12)C(=O)NCCOC. The van der Waals surface area contributed by atoms with Gasteiger partial charge in [0.25, 0.3) is 0 Å². The lowest BCUT2D eigenvalue weighted by atomic mass is 9.98. The number of nitrogens with zero attached hydrogens (tertiary/aromatic N) is 3. The molecule has 3 amide bonds. The van der Waals surface area contributed by atoms with E-state index in [1.54, 1.807) is 12.0 Å². The lowest BCUT2D eigenvalue weighted by molar-refractivity contribution is -0.124. The van der Waals surface area contributed by atoms with Gasteiger partial charge in [-0.1, -0.05) is 32.4 Å². The van der Waals surface area contributed by atoms with Crippen molar-refractivity contribution in [2.45, 2.75) is 32.9 Å². The molecule has 146 valence electrons.